The Balaban J connectivity index is 2.13. The number of nitrogen functional groups attached to an aromatic ring is 1. The molecule has 1 unspecified atom stereocenters. The largest absolute Gasteiger partial charge is 0.382 e. The van der Waals surface area contributed by atoms with Crippen LogP contribution in [0.4, 0.5) is 10.9 Å². The molecule has 3 N–H and O–H groups in total. The van der Waals surface area contributed by atoms with Gasteiger partial charge in [0.25, 0.3) is 5.91 Å². The van der Waals surface area contributed by atoms with Gasteiger partial charge in [0.05, 0.1) is 0 Å². The summed E-state index contributed by atoms with van der Waals surface area (Å²) < 4.78 is 0. The molecule has 6 heteroatoms. The molecule has 0 spiro atoms. The predicted molar refractivity (Wildman–Crippen MR) is 75.1 cm³/mol. The number of carbonyl (C=O) groups excluding carboxylic acids is 1. The number of thiazole rings is 1. The SMILES string of the molecule is C=CC(C)NC(=O)c1sc(N2CCCC2)nc1N. The van der Waals surface area contributed by atoms with Gasteiger partial charge in [0.15, 0.2) is 5.13 Å². The number of nitrogens with zero attached hydrogens (tertiary/aromatic N) is 2. The zero-order valence-corrected chi connectivity index (χ0v) is 11.3. The molecule has 2 rings (SSSR count). The maximum Gasteiger partial charge on any atom is 0.265 e. The van der Waals surface area contributed by atoms with E-state index in [4.69, 9.17) is 5.73 Å². The van der Waals surface area contributed by atoms with Crippen LogP contribution in [0, 0.1) is 0 Å². The fraction of sp³-hybridized carbons (Fsp3) is 0.500. The zero-order chi connectivity index (χ0) is 13.1. The molecule has 18 heavy (non-hydrogen) atoms. The summed E-state index contributed by atoms with van der Waals surface area (Å²) in [5, 5.41) is 3.65. The van der Waals surface area contributed by atoms with Crippen molar-refractivity contribution in [2.45, 2.75) is 25.8 Å². The van der Waals surface area contributed by atoms with Crippen LogP contribution in [0.3, 0.4) is 0 Å². The van der Waals surface area contributed by atoms with Crippen LogP contribution < -0.4 is 16.0 Å². The molecular weight excluding hydrogens is 248 g/mol. The van der Waals surface area contributed by atoms with Crippen molar-refractivity contribution in [2.75, 3.05) is 23.7 Å². The number of anilines is 2. The molecule has 0 aliphatic carbocycles. The highest BCUT2D eigenvalue weighted by Crippen LogP contribution is 2.30. The number of aromatic nitrogens is 1. The molecule has 1 aromatic heterocycles. The lowest BCUT2D eigenvalue weighted by molar-refractivity contribution is 0.0951. The minimum atomic E-state index is -0.178. The lowest BCUT2D eigenvalue weighted by Gasteiger charge is -2.12. The number of carbonyl (C=O) groups is 1. The molecular formula is C12H18N4OS. The molecule has 98 valence electrons. The average molecular weight is 266 g/mol. The molecule has 1 amide bonds. The van der Waals surface area contributed by atoms with Crippen molar-refractivity contribution in [3.63, 3.8) is 0 Å². The lowest BCUT2D eigenvalue weighted by Crippen LogP contribution is -2.30. The Labute approximate surface area is 111 Å². The normalized spacial score (nSPS) is 16.6. The van der Waals surface area contributed by atoms with Crippen LogP contribution in [0.5, 0.6) is 0 Å². The van der Waals surface area contributed by atoms with Gasteiger partial charge < -0.3 is 16.0 Å². The van der Waals surface area contributed by atoms with E-state index in [2.05, 4.69) is 21.8 Å². The summed E-state index contributed by atoms with van der Waals surface area (Å²) in [6, 6.07) is -0.0748. The minimum absolute atomic E-state index is 0.0748. The van der Waals surface area contributed by atoms with Crippen molar-refractivity contribution in [1.82, 2.24) is 10.3 Å². The van der Waals surface area contributed by atoms with E-state index in [1.54, 1.807) is 6.08 Å². The Kier molecular flexibility index (Phi) is 3.86. The van der Waals surface area contributed by atoms with Gasteiger partial charge in [0.2, 0.25) is 0 Å². The van der Waals surface area contributed by atoms with E-state index < -0.39 is 0 Å². The monoisotopic (exact) mass is 266 g/mol. The van der Waals surface area contributed by atoms with Crippen molar-refractivity contribution in [3.8, 4) is 0 Å². The van der Waals surface area contributed by atoms with Gasteiger partial charge in [-0.1, -0.05) is 17.4 Å². The fourth-order valence-corrected chi connectivity index (χ4v) is 2.80. The summed E-state index contributed by atoms with van der Waals surface area (Å²) in [6.07, 6.45) is 4.03. The Morgan fingerprint density at radius 3 is 2.89 bits per heavy atom. The molecule has 1 saturated heterocycles. The highest BCUT2D eigenvalue weighted by atomic mass is 32.1. The second kappa shape index (κ2) is 5.39. The topological polar surface area (TPSA) is 71.2 Å². The van der Waals surface area contributed by atoms with Gasteiger partial charge >= 0.3 is 0 Å². The summed E-state index contributed by atoms with van der Waals surface area (Å²) >= 11 is 1.36. The summed E-state index contributed by atoms with van der Waals surface area (Å²) in [5.74, 6) is 0.138. The molecule has 5 nitrogen and oxygen atoms in total. The number of hydrogen-bond acceptors (Lipinski definition) is 5. The summed E-state index contributed by atoms with van der Waals surface area (Å²) in [6.45, 7) is 7.49. The standard InChI is InChI=1S/C12H18N4OS/c1-3-8(2)14-11(17)9-10(13)15-12(18-9)16-6-4-5-7-16/h3,8H,1,4-7,13H2,2H3,(H,14,17). The number of rotatable bonds is 4. The second-order valence-electron chi connectivity index (χ2n) is 4.40. The predicted octanol–water partition coefficient (Wildman–Crippen LogP) is 1.63. The summed E-state index contributed by atoms with van der Waals surface area (Å²) in [7, 11) is 0. The highest BCUT2D eigenvalue weighted by Gasteiger charge is 2.21. The van der Waals surface area contributed by atoms with Gasteiger partial charge in [-0.2, -0.15) is 0 Å². The summed E-state index contributed by atoms with van der Waals surface area (Å²) in [4.78, 5) is 18.9. The van der Waals surface area contributed by atoms with E-state index in [1.807, 2.05) is 6.92 Å². The smallest absolute Gasteiger partial charge is 0.265 e. The molecule has 2 heterocycles. The Bertz CT molecular complexity index is 451. The van der Waals surface area contributed by atoms with Gasteiger partial charge in [-0.05, 0) is 19.8 Å². The van der Waals surface area contributed by atoms with Crippen LogP contribution in [0.25, 0.3) is 0 Å². The van der Waals surface area contributed by atoms with Gasteiger partial charge in [0.1, 0.15) is 10.7 Å². The quantitative estimate of drug-likeness (QED) is 0.813. The van der Waals surface area contributed by atoms with Gasteiger partial charge in [-0.15, -0.1) is 6.58 Å². The maximum absolute atomic E-state index is 12.0. The Morgan fingerprint density at radius 2 is 2.28 bits per heavy atom. The maximum atomic E-state index is 12.0. The molecule has 0 radical (unpaired) electrons. The van der Waals surface area contributed by atoms with Crippen LogP contribution >= 0.6 is 11.3 Å². The average Bonchev–Trinajstić information content (AvgIpc) is 2.97. The molecule has 1 aromatic rings. The zero-order valence-electron chi connectivity index (χ0n) is 10.5. The number of nitrogens with one attached hydrogen (secondary N) is 1. The van der Waals surface area contributed by atoms with Crippen LogP contribution in [-0.2, 0) is 0 Å². The van der Waals surface area contributed by atoms with Crippen molar-refractivity contribution in [3.05, 3.63) is 17.5 Å². The molecule has 1 aliphatic rings. The van der Waals surface area contributed by atoms with Crippen LogP contribution in [0.15, 0.2) is 12.7 Å². The number of nitrogens with two attached hydrogens (primary N) is 1. The minimum Gasteiger partial charge on any atom is -0.382 e. The van der Waals surface area contributed by atoms with E-state index >= 15 is 0 Å². The van der Waals surface area contributed by atoms with E-state index in [0.717, 1.165) is 18.2 Å². The van der Waals surface area contributed by atoms with Gasteiger partial charge in [-0.3, -0.25) is 4.79 Å². The molecule has 1 atom stereocenters. The van der Waals surface area contributed by atoms with E-state index in [0.29, 0.717) is 10.7 Å². The number of hydrogen-bond donors (Lipinski definition) is 2. The molecule has 1 aliphatic heterocycles. The highest BCUT2D eigenvalue weighted by molar-refractivity contribution is 7.18. The molecule has 1 fully saturated rings. The van der Waals surface area contributed by atoms with Crippen LogP contribution in [0.1, 0.15) is 29.4 Å². The summed E-state index contributed by atoms with van der Waals surface area (Å²) in [5.41, 5.74) is 5.81. The second-order valence-corrected chi connectivity index (χ2v) is 5.38. The number of amides is 1. The van der Waals surface area contributed by atoms with Crippen molar-refractivity contribution in [2.24, 2.45) is 0 Å². The van der Waals surface area contributed by atoms with Crippen molar-refractivity contribution in [1.29, 1.82) is 0 Å². The van der Waals surface area contributed by atoms with E-state index in [-0.39, 0.29) is 11.9 Å². The first-order valence-corrected chi connectivity index (χ1v) is 6.88. The third kappa shape index (κ3) is 2.64. The van der Waals surface area contributed by atoms with Crippen molar-refractivity contribution >= 4 is 28.2 Å². The third-order valence-corrected chi connectivity index (χ3v) is 4.07. The van der Waals surface area contributed by atoms with Gasteiger partial charge in [0, 0.05) is 19.1 Å². The first-order valence-electron chi connectivity index (χ1n) is 6.06. The van der Waals surface area contributed by atoms with Crippen LogP contribution in [-0.4, -0.2) is 30.0 Å². The van der Waals surface area contributed by atoms with E-state index in [9.17, 15) is 4.79 Å². The van der Waals surface area contributed by atoms with E-state index in [1.165, 1.54) is 24.2 Å². The first-order chi connectivity index (χ1) is 8.61. The molecule has 0 saturated carbocycles. The molecule has 0 aromatic carbocycles. The van der Waals surface area contributed by atoms with Gasteiger partial charge in [-0.25, -0.2) is 4.98 Å². The lowest BCUT2D eigenvalue weighted by atomic mass is 10.3. The Morgan fingerprint density at radius 1 is 1.61 bits per heavy atom. The molecule has 0 bridgehead atoms. The third-order valence-electron chi connectivity index (χ3n) is 2.94. The Hall–Kier alpha value is -1.56. The fourth-order valence-electron chi connectivity index (χ4n) is 1.86. The first kappa shape index (κ1) is 12.9. The van der Waals surface area contributed by atoms with Crippen molar-refractivity contribution < 1.29 is 4.79 Å². The van der Waals surface area contributed by atoms with Crippen LogP contribution in [0.2, 0.25) is 0 Å².